The van der Waals surface area contributed by atoms with Crippen molar-refractivity contribution in [3.63, 3.8) is 0 Å². The summed E-state index contributed by atoms with van der Waals surface area (Å²) in [7, 11) is 1.65. The van der Waals surface area contributed by atoms with E-state index < -0.39 is 0 Å². The highest BCUT2D eigenvalue weighted by molar-refractivity contribution is 5.39. The second kappa shape index (κ2) is 6.19. The number of ether oxygens (including phenoxy) is 1. The molecule has 2 heteroatoms. The first-order valence-electron chi connectivity index (χ1n) is 6.27. The molecular formula is C17H17FO. The maximum Gasteiger partial charge on any atom is 0.123 e. The molecule has 98 valence electrons. The summed E-state index contributed by atoms with van der Waals surface area (Å²) in [6, 6.07) is 14.6. The highest BCUT2D eigenvalue weighted by Crippen LogP contribution is 2.27. The number of halogens is 1. The van der Waals surface area contributed by atoms with Gasteiger partial charge in [0, 0.05) is 5.92 Å². The number of rotatable bonds is 4. The Morgan fingerprint density at radius 1 is 0.947 bits per heavy atom. The van der Waals surface area contributed by atoms with E-state index in [0.29, 0.717) is 0 Å². The second-order valence-corrected chi connectivity index (χ2v) is 4.33. The van der Waals surface area contributed by atoms with E-state index in [2.05, 4.69) is 6.08 Å². The maximum absolute atomic E-state index is 13.0. The zero-order valence-corrected chi connectivity index (χ0v) is 11.1. The van der Waals surface area contributed by atoms with E-state index in [0.717, 1.165) is 16.9 Å². The summed E-state index contributed by atoms with van der Waals surface area (Å²) in [6.45, 7) is 1.99. The summed E-state index contributed by atoms with van der Waals surface area (Å²) < 4.78 is 18.2. The molecule has 0 fully saturated rings. The third kappa shape index (κ3) is 3.22. The Morgan fingerprint density at radius 3 is 1.95 bits per heavy atom. The molecule has 1 nitrogen and oxygen atoms in total. The van der Waals surface area contributed by atoms with E-state index in [1.807, 2.05) is 49.4 Å². The van der Waals surface area contributed by atoms with Crippen molar-refractivity contribution in [1.82, 2.24) is 0 Å². The molecule has 0 radical (unpaired) electrons. The molecule has 0 aliphatic rings. The molecule has 19 heavy (non-hydrogen) atoms. The van der Waals surface area contributed by atoms with Crippen molar-refractivity contribution in [2.45, 2.75) is 12.8 Å². The smallest absolute Gasteiger partial charge is 0.123 e. The van der Waals surface area contributed by atoms with Gasteiger partial charge >= 0.3 is 0 Å². The van der Waals surface area contributed by atoms with Crippen LogP contribution in [0.25, 0.3) is 0 Å². The quantitative estimate of drug-likeness (QED) is 0.730. The van der Waals surface area contributed by atoms with Crippen LogP contribution in [-0.2, 0) is 0 Å². The van der Waals surface area contributed by atoms with Gasteiger partial charge in [0.2, 0.25) is 0 Å². The van der Waals surface area contributed by atoms with Crippen LogP contribution in [0.1, 0.15) is 24.0 Å². The van der Waals surface area contributed by atoms with Crippen molar-refractivity contribution in [2.24, 2.45) is 0 Å². The molecule has 1 unspecified atom stereocenters. The Hall–Kier alpha value is -2.09. The molecule has 0 saturated heterocycles. The van der Waals surface area contributed by atoms with Crippen LogP contribution in [0, 0.1) is 5.82 Å². The monoisotopic (exact) mass is 256 g/mol. The van der Waals surface area contributed by atoms with Gasteiger partial charge in [-0.15, -0.1) is 0 Å². The summed E-state index contributed by atoms with van der Waals surface area (Å²) in [5.74, 6) is 0.760. The van der Waals surface area contributed by atoms with E-state index in [9.17, 15) is 4.39 Å². The average Bonchev–Trinajstić information content (AvgIpc) is 2.46. The molecule has 0 N–H and O–H groups in total. The summed E-state index contributed by atoms with van der Waals surface area (Å²) >= 11 is 0. The molecule has 0 amide bonds. The van der Waals surface area contributed by atoms with Crippen molar-refractivity contribution < 1.29 is 9.13 Å². The number of benzene rings is 2. The van der Waals surface area contributed by atoms with Crippen LogP contribution in [0.2, 0.25) is 0 Å². The lowest BCUT2D eigenvalue weighted by atomic mass is 9.91. The molecule has 2 aromatic rings. The standard InChI is InChI=1S/C17H17FO/c1-3-4-17(13-5-9-15(18)10-6-13)14-7-11-16(19-2)12-8-14/h3-12,17H,1-2H3. The van der Waals surface area contributed by atoms with Crippen LogP contribution in [0.15, 0.2) is 60.7 Å². The molecule has 1 atom stereocenters. The van der Waals surface area contributed by atoms with Gasteiger partial charge in [-0.25, -0.2) is 4.39 Å². The lowest BCUT2D eigenvalue weighted by Crippen LogP contribution is -1.98. The second-order valence-electron chi connectivity index (χ2n) is 4.33. The zero-order chi connectivity index (χ0) is 13.7. The van der Waals surface area contributed by atoms with Crippen LogP contribution in [-0.4, -0.2) is 7.11 Å². The van der Waals surface area contributed by atoms with Crippen molar-refractivity contribution in [2.75, 3.05) is 7.11 Å². The third-order valence-electron chi connectivity index (χ3n) is 3.09. The summed E-state index contributed by atoms with van der Waals surface area (Å²) in [6.07, 6.45) is 4.12. The fourth-order valence-electron chi connectivity index (χ4n) is 2.09. The number of methoxy groups -OCH3 is 1. The molecule has 0 spiro atoms. The van der Waals surface area contributed by atoms with Gasteiger partial charge in [0.1, 0.15) is 11.6 Å². The largest absolute Gasteiger partial charge is 0.497 e. The predicted octanol–water partition coefficient (Wildman–Crippen LogP) is 4.54. The summed E-state index contributed by atoms with van der Waals surface area (Å²) in [5, 5.41) is 0. The van der Waals surface area contributed by atoms with Gasteiger partial charge in [0.15, 0.2) is 0 Å². The molecule has 0 bridgehead atoms. The van der Waals surface area contributed by atoms with E-state index in [-0.39, 0.29) is 11.7 Å². The van der Waals surface area contributed by atoms with Crippen LogP contribution < -0.4 is 4.74 Å². The van der Waals surface area contributed by atoms with Crippen molar-refractivity contribution >= 4 is 0 Å². The lowest BCUT2D eigenvalue weighted by Gasteiger charge is -2.14. The molecule has 0 saturated carbocycles. The Bertz CT molecular complexity index is 540. The molecule has 2 aromatic carbocycles. The first-order valence-corrected chi connectivity index (χ1v) is 6.27. The normalized spacial score (nSPS) is 12.6. The fourth-order valence-corrected chi connectivity index (χ4v) is 2.09. The Labute approximate surface area is 113 Å². The van der Waals surface area contributed by atoms with Gasteiger partial charge in [-0.2, -0.15) is 0 Å². The maximum atomic E-state index is 13.0. The van der Waals surface area contributed by atoms with Gasteiger partial charge in [-0.1, -0.05) is 36.4 Å². The van der Waals surface area contributed by atoms with Crippen LogP contribution >= 0.6 is 0 Å². The van der Waals surface area contributed by atoms with Crippen LogP contribution in [0.4, 0.5) is 4.39 Å². The molecule has 0 aromatic heterocycles. The molecular weight excluding hydrogens is 239 g/mol. The highest BCUT2D eigenvalue weighted by atomic mass is 19.1. The molecule has 0 heterocycles. The van der Waals surface area contributed by atoms with Crippen molar-refractivity contribution in [3.05, 3.63) is 77.6 Å². The molecule has 2 rings (SSSR count). The molecule has 0 aliphatic heterocycles. The van der Waals surface area contributed by atoms with E-state index in [1.54, 1.807) is 7.11 Å². The van der Waals surface area contributed by atoms with E-state index in [1.165, 1.54) is 12.1 Å². The van der Waals surface area contributed by atoms with E-state index in [4.69, 9.17) is 4.74 Å². The highest BCUT2D eigenvalue weighted by Gasteiger charge is 2.10. The SMILES string of the molecule is CC=CC(c1ccc(F)cc1)c1ccc(OC)cc1. The molecule has 0 aliphatic carbocycles. The van der Waals surface area contributed by atoms with Gasteiger partial charge in [0.25, 0.3) is 0 Å². The topological polar surface area (TPSA) is 9.23 Å². The van der Waals surface area contributed by atoms with Crippen LogP contribution in [0.3, 0.4) is 0 Å². The predicted molar refractivity (Wildman–Crippen MR) is 76.1 cm³/mol. The Balaban J connectivity index is 2.36. The number of hydrogen-bond donors (Lipinski definition) is 0. The lowest BCUT2D eigenvalue weighted by molar-refractivity contribution is 0.414. The third-order valence-corrected chi connectivity index (χ3v) is 3.09. The number of hydrogen-bond acceptors (Lipinski definition) is 1. The minimum atomic E-state index is -0.210. The van der Waals surface area contributed by atoms with Gasteiger partial charge in [-0.3, -0.25) is 0 Å². The van der Waals surface area contributed by atoms with Crippen LogP contribution in [0.5, 0.6) is 5.75 Å². The van der Waals surface area contributed by atoms with Crippen molar-refractivity contribution in [3.8, 4) is 5.75 Å². The summed E-state index contributed by atoms with van der Waals surface area (Å²) in [5.41, 5.74) is 2.23. The first-order chi connectivity index (χ1) is 9.24. The number of allylic oxidation sites excluding steroid dienone is 2. The fraction of sp³-hybridized carbons (Fsp3) is 0.176. The zero-order valence-electron chi connectivity index (χ0n) is 11.1. The average molecular weight is 256 g/mol. The van der Waals surface area contributed by atoms with Gasteiger partial charge in [-0.05, 0) is 42.3 Å². The Kier molecular flexibility index (Phi) is 4.35. The summed E-state index contributed by atoms with van der Waals surface area (Å²) in [4.78, 5) is 0. The minimum Gasteiger partial charge on any atom is -0.497 e. The van der Waals surface area contributed by atoms with E-state index >= 15 is 0 Å². The minimum absolute atomic E-state index is 0.136. The van der Waals surface area contributed by atoms with Gasteiger partial charge < -0.3 is 4.74 Å². The van der Waals surface area contributed by atoms with Crippen molar-refractivity contribution in [1.29, 1.82) is 0 Å². The van der Waals surface area contributed by atoms with Gasteiger partial charge in [0.05, 0.1) is 7.11 Å². The Morgan fingerprint density at radius 2 is 1.47 bits per heavy atom. The first kappa shape index (κ1) is 13.3.